The van der Waals surface area contributed by atoms with Crippen molar-refractivity contribution in [1.82, 2.24) is 15.2 Å². The molecule has 5 aliphatic rings. The predicted molar refractivity (Wildman–Crippen MR) is 175 cm³/mol. The molecular weight excluding hydrogens is 532 g/mol. The summed E-state index contributed by atoms with van der Waals surface area (Å²) in [4.78, 5) is 21.1. The topological polar surface area (TPSA) is 77.4 Å². The summed E-state index contributed by atoms with van der Waals surface area (Å²) in [6.45, 7) is 4.94. The van der Waals surface area contributed by atoms with Gasteiger partial charge in [0.15, 0.2) is 0 Å². The first-order valence-corrected chi connectivity index (χ1v) is 14.5. The lowest BCUT2D eigenvalue weighted by molar-refractivity contribution is 0.160. The third kappa shape index (κ3) is 5.27. The molecule has 1 aromatic carbocycles. The molecule has 0 saturated carbocycles. The summed E-state index contributed by atoms with van der Waals surface area (Å²) in [5, 5.41) is 3.40. The number of hydrogen-bond acceptors (Lipinski definition) is 6. The van der Waals surface area contributed by atoms with E-state index in [-0.39, 0.29) is 0 Å². The van der Waals surface area contributed by atoms with E-state index in [1.54, 1.807) is 6.08 Å². The van der Waals surface area contributed by atoms with Crippen molar-refractivity contribution in [1.29, 1.82) is 0 Å². The van der Waals surface area contributed by atoms with Gasteiger partial charge in [0.2, 0.25) is 0 Å². The first kappa shape index (κ1) is 26.6. The first-order chi connectivity index (χ1) is 21.2. The number of aromatic nitrogens is 1. The normalized spacial score (nSPS) is 20.2. The Morgan fingerprint density at radius 3 is 2.49 bits per heavy atom. The Labute approximate surface area is 251 Å². The van der Waals surface area contributed by atoms with E-state index in [9.17, 15) is 0 Å². The standard InChI is InChI=1S/C36H32N6O/c1-3-21-43-22-7-10-27-28-15-17-31(40-28)34(24-8-5-4-6-9-24)30-13-11-25(38-30)23-26-12-14-32(39-26)35(33-18-16-29(27)41-33)36-37-19-20-42(36)2/h3-6,8-9,11-20,23,37-38H,1,7,10,21-22H2,2H3/b26-23?,29-27?,34-31?,36-35+. The monoisotopic (exact) mass is 564 g/mol. The van der Waals surface area contributed by atoms with Crippen molar-refractivity contribution in [3.8, 4) is 0 Å². The average molecular weight is 565 g/mol. The molecule has 0 aliphatic carbocycles. The number of ether oxygens (including phenoxy) is 1. The van der Waals surface area contributed by atoms with Crippen LogP contribution in [0.15, 0.2) is 153 Å². The number of aliphatic imine (C=N–C) groups is 3. The number of aromatic amines is 1. The van der Waals surface area contributed by atoms with Crippen molar-refractivity contribution in [2.75, 3.05) is 20.3 Å². The van der Waals surface area contributed by atoms with E-state index >= 15 is 0 Å². The maximum Gasteiger partial charge on any atom is 0.121 e. The Balaban J connectivity index is 1.42. The van der Waals surface area contributed by atoms with Crippen molar-refractivity contribution < 1.29 is 4.74 Å². The summed E-state index contributed by atoms with van der Waals surface area (Å²) in [5.74, 6) is 0.938. The Hall–Kier alpha value is -5.27. The lowest BCUT2D eigenvalue weighted by atomic mass is 10.0. The van der Waals surface area contributed by atoms with Crippen LogP contribution in [0.2, 0.25) is 0 Å². The van der Waals surface area contributed by atoms with E-state index in [1.165, 1.54) is 0 Å². The highest BCUT2D eigenvalue weighted by atomic mass is 16.5. The van der Waals surface area contributed by atoms with Gasteiger partial charge in [0, 0.05) is 48.6 Å². The van der Waals surface area contributed by atoms with Gasteiger partial charge in [0.05, 0.1) is 46.4 Å². The van der Waals surface area contributed by atoms with Gasteiger partial charge in [-0.05, 0) is 73.1 Å². The first-order valence-electron chi connectivity index (χ1n) is 14.5. The molecule has 5 aliphatic heterocycles. The van der Waals surface area contributed by atoms with Crippen LogP contribution in [-0.4, -0.2) is 47.3 Å². The van der Waals surface area contributed by atoms with Crippen LogP contribution in [0.25, 0.3) is 11.6 Å². The number of fused-ring (bicyclic) bond motifs is 5. The van der Waals surface area contributed by atoms with E-state index in [2.05, 4.69) is 94.6 Å². The summed E-state index contributed by atoms with van der Waals surface area (Å²) in [6, 6.07) is 14.6. The fraction of sp³-hybridized carbons (Fsp3) is 0.139. The van der Waals surface area contributed by atoms with Gasteiger partial charge in [-0.1, -0.05) is 36.4 Å². The molecule has 0 amide bonds. The second-order valence-electron chi connectivity index (χ2n) is 10.6. The molecule has 2 N–H and O–H groups in total. The largest absolute Gasteiger partial charge is 0.377 e. The third-order valence-electron chi connectivity index (χ3n) is 7.73. The fourth-order valence-electron chi connectivity index (χ4n) is 5.72. The van der Waals surface area contributed by atoms with Crippen molar-refractivity contribution in [2.45, 2.75) is 12.8 Å². The quantitative estimate of drug-likeness (QED) is 0.293. The van der Waals surface area contributed by atoms with E-state index in [4.69, 9.17) is 19.7 Å². The van der Waals surface area contributed by atoms with Gasteiger partial charge in [-0.3, -0.25) is 0 Å². The zero-order valence-electron chi connectivity index (χ0n) is 24.0. The Morgan fingerprint density at radius 2 is 1.65 bits per heavy atom. The van der Waals surface area contributed by atoms with Gasteiger partial charge in [-0.2, -0.15) is 0 Å². The van der Waals surface area contributed by atoms with Gasteiger partial charge in [0.25, 0.3) is 0 Å². The van der Waals surface area contributed by atoms with Gasteiger partial charge < -0.3 is 19.9 Å². The second-order valence-corrected chi connectivity index (χ2v) is 10.6. The molecule has 7 nitrogen and oxygen atoms in total. The molecule has 0 radical (unpaired) electrons. The molecule has 0 unspecified atom stereocenters. The molecule has 0 fully saturated rings. The summed E-state index contributed by atoms with van der Waals surface area (Å²) >= 11 is 0. The van der Waals surface area contributed by atoms with Crippen molar-refractivity contribution in [2.24, 2.45) is 15.0 Å². The molecule has 0 spiro atoms. The van der Waals surface area contributed by atoms with Gasteiger partial charge >= 0.3 is 0 Å². The van der Waals surface area contributed by atoms with Crippen LogP contribution in [0.3, 0.4) is 0 Å². The Kier molecular flexibility index (Phi) is 7.15. The number of rotatable bonds is 7. The SMILES string of the molecule is C=CCOCCCC1=C2C=CC(=N2)/C(=C2\NC=CN2C)C2=NC(=Cc3ccc([nH]3)C(c3ccccc3)=C3C=CC1=N3)C=C2. The molecule has 7 rings (SSSR count). The predicted octanol–water partition coefficient (Wildman–Crippen LogP) is 6.62. The molecule has 212 valence electrons. The van der Waals surface area contributed by atoms with Gasteiger partial charge in [0.1, 0.15) is 5.82 Å². The van der Waals surface area contributed by atoms with Crippen molar-refractivity contribution in [3.05, 3.63) is 155 Å². The summed E-state index contributed by atoms with van der Waals surface area (Å²) < 4.78 is 5.72. The summed E-state index contributed by atoms with van der Waals surface area (Å²) in [5.41, 5.74) is 11.5. The summed E-state index contributed by atoms with van der Waals surface area (Å²) in [7, 11) is 2.02. The van der Waals surface area contributed by atoms with E-state index in [1.807, 2.05) is 31.6 Å². The lowest BCUT2D eigenvalue weighted by Gasteiger charge is -2.17. The number of nitrogens with zero attached hydrogens (tertiary/aromatic N) is 4. The van der Waals surface area contributed by atoms with E-state index < -0.39 is 0 Å². The van der Waals surface area contributed by atoms with E-state index in [0.29, 0.717) is 13.2 Å². The molecule has 43 heavy (non-hydrogen) atoms. The van der Waals surface area contributed by atoms with Gasteiger partial charge in [-0.25, -0.2) is 15.0 Å². The van der Waals surface area contributed by atoms with Crippen molar-refractivity contribution in [3.63, 3.8) is 0 Å². The van der Waals surface area contributed by atoms with Crippen LogP contribution in [0.5, 0.6) is 0 Å². The molecule has 0 atom stereocenters. The number of allylic oxidation sites excluding steroid dienone is 8. The molecule has 0 saturated heterocycles. The number of hydrogen-bond donors (Lipinski definition) is 2. The highest BCUT2D eigenvalue weighted by molar-refractivity contribution is 6.33. The number of benzene rings is 1. The Morgan fingerprint density at radius 1 is 0.860 bits per heavy atom. The maximum absolute atomic E-state index is 5.72. The average Bonchev–Trinajstić information content (AvgIpc) is 3.86. The smallest absolute Gasteiger partial charge is 0.121 e. The molecular formula is C36H32N6O. The highest BCUT2D eigenvalue weighted by Crippen LogP contribution is 2.34. The molecule has 6 heterocycles. The van der Waals surface area contributed by atoms with Crippen LogP contribution in [0.4, 0.5) is 0 Å². The van der Waals surface area contributed by atoms with Gasteiger partial charge in [-0.15, -0.1) is 6.58 Å². The van der Waals surface area contributed by atoms with E-state index in [0.717, 1.165) is 86.6 Å². The fourth-order valence-corrected chi connectivity index (χ4v) is 5.72. The minimum Gasteiger partial charge on any atom is -0.377 e. The zero-order chi connectivity index (χ0) is 29.2. The molecule has 1 aromatic heterocycles. The second kappa shape index (κ2) is 11.5. The lowest BCUT2D eigenvalue weighted by Crippen LogP contribution is -2.23. The van der Waals surface area contributed by atoms with Crippen molar-refractivity contribution >= 4 is 28.8 Å². The highest BCUT2D eigenvalue weighted by Gasteiger charge is 2.26. The zero-order valence-corrected chi connectivity index (χ0v) is 24.0. The third-order valence-corrected chi connectivity index (χ3v) is 7.73. The van der Waals surface area contributed by atoms with Crippen LogP contribution < -0.4 is 5.32 Å². The minimum absolute atomic E-state index is 0.540. The molecule has 7 heteroatoms. The van der Waals surface area contributed by atoms with Crippen LogP contribution in [0.1, 0.15) is 29.8 Å². The number of H-pyrrole nitrogens is 1. The maximum atomic E-state index is 5.72. The summed E-state index contributed by atoms with van der Waals surface area (Å²) in [6.07, 6.45) is 21.9. The van der Waals surface area contributed by atoms with Crippen LogP contribution >= 0.6 is 0 Å². The van der Waals surface area contributed by atoms with Crippen LogP contribution in [0, 0.1) is 0 Å². The Bertz CT molecular complexity index is 1830. The number of nitrogens with one attached hydrogen (secondary N) is 2. The molecule has 2 aromatic rings. The minimum atomic E-state index is 0.540. The van der Waals surface area contributed by atoms with Crippen LogP contribution in [-0.2, 0) is 4.74 Å². The molecule has 8 bridgehead atoms.